The second kappa shape index (κ2) is 9.40. The van der Waals surface area contributed by atoms with Crippen molar-refractivity contribution >= 4 is 27.5 Å². The molecule has 30 heavy (non-hydrogen) atoms. The summed E-state index contributed by atoms with van der Waals surface area (Å²) in [7, 11) is 0. The quantitative estimate of drug-likeness (QED) is 0.588. The minimum absolute atomic E-state index is 0.157. The highest BCUT2D eigenvalue weighted by atomic mass is 32.1. The normalized spacial score (nSPS) is 15.0. The lowest BCUT2D eigenvalue weighted by Gasteiger charge is -2.34. The number of thiophene rings is 1. The number of unbranched alkanes of at least 4 members (excludes halogenated alkanes) is 1. The van der Waals surface area contributed by atoms with Gasteiger partial charge in [-0.05, 0) is 29.9 Å². The number of nitrogens with zero attached hydrogens (tertiary/aromatic N) is 3. The van der Waals surface area contributed by atoms with E-state index >= 15 is 0 Å². The van der Waals surface area contributed by atoms with Crippen molar-refractivity contribution in [3.8, 4) is 0 Å². The van der Waals surface area contributed by atoms with Crippen molar-refractivity contribution in [2.45, 2.75) is 32.4 Å². The van der Waals surface area contributed by atoms with Crippen LogP contribution in [0.3, 0.4) is 0 Å². The van der Waals surface area contributed by atoms with Crippen LogP contribution in [0.25, 0.3) is 10.2 Å². The Morgan fingerprint density at radius 1 is 1.00 bits per heavy atom. The summed E-state index contributed by atoms with van der Waals surface area (Å²) in [5.74, 6) is 0.157. The zero-order valence-electron chi connectivity index (χ0n) is 16.9. The second-order valence-corrected chi connectivity index (χ2v) is 8.57. The van der Waals surface area contributed by atoms with Gasteiger partial charge in [-0.2, -0.15) is 0 Å². The van der Waals surface area contributed by atoms with Gasteiger partial charge in [-0.25, -0.2) is 4.79 Å². The van der Waals surface area contributed by atoms with Gasteiger partial charge in [0.1, 0.15) is 4.70 Å². The van der Waals surface area contributed by atoms with Crippen LogP contribution >= 0.6 is 11.3 Å². The van der Waals surface area contributed by atoms with Crippen molar-refractivity contribution in [1.82, 2.24) is 19.4 Å². The maximum absolute atomic E-state index is 12.5. The lowest BCUT2D eigenvalue weighted by molar-refractivity contribution is -0.133. The Labute approximate surface area is 178 Å². The van der Waals surface area contributed by atoms with Crippen molar-refractivity contribution < 1.29 is 4.79 Å². The molecule has 4 rings (SSSR count). The number of carbonyl (C=O) groups excluding carboxylic acids is 1. The van der Waals surface area contributed by atoms with Crippen LogP contribution in [0.5, 0.6) is 0 Å². The first-order chi connectivity index (χ1) is 14.6. The van der Waals surface area contributed by atoms with Gasteiger partial charge >= 0.3 is 5.69 Å². The van der Waals surface area contributed by atoms with Crippen molar-refractivity contribution in [1.29, 1.82) is 0 Å². The van der Waals surface area contributed by atoms with E-state index in [0.29, 0.717) is 36.0 Å². The van der Waals surface area contributed by atoms with Crippen LogP contribution in [0.4, 0.5) is 0 Å². The van der Waals surface area contributed by atoms with Crippen molar-refractivity contribution in [3.63, 3.8) is 0 Å². The number of piperazine rings is 1. The standard InChI is InChI=1S/C22H26N4O3S/c27-19(25-13-11-24(12-14-25)16-17-6-2-1-3-7-17)8-4-5-10-26-21(28)20-18(9-15-30-20)23-22(26)29/h1-3,6-7,9,15H,4-5,8,10-14,16H2,(H,23,29). The average Bonchev–Trinajstić information content (AvgIpc) is 3.23. The Morgan fingerprint density at radius 2 is 1.77 bits per heavy atom. The molecular formula is C22H26N4O3S. The van der Waals surface area contributed by atoms with E-state index in [1.165, 1.54) is 21.5 Å². The maximum Gasteiger partial charge on any atom is 0.328 e. The molecular weight excluding hydrogens is 400 g/mol. The first kappa shape index (κ1) is 20.6. The van der Waals surface area contributed by atoms with Crippen LogP contribution in [-0.2, 0) is 17.9 Å². The van der Waals surface area contributed by atoms with E-state index in [2.05, 4.69) is 34.1 Å². The third-order valence-corrected chi connectivity index (χ3v) is 6.49. The number of benzene rings is 1. The van der Waals surface area contributed by atoms with Gasteiger partial charge in [0.25, 0.3) is 5.56 Å². The molecule has 8 heteroatoms. The van der Waals surface area contributed by atoms with Crippen molar-refractivity contribution in [2.24, 2.45) is 0 Å². The molecule has 7 nitrogen and oxygen atoms in total. The minimum atomic E-state index is -0.383. The van der Waals surface area contributed by atoms with E-state index in [9.17, 15) is 14.4 Å². The molecule has 1 saturated heterocycles. The van der Waals surface area contributed by atoms with E-state index in [4.69, 9.17) is 0 Å². The zero-order valence-corrected chi connectivity index (χ0v) is 17.7. The second-order valence-electron chi connectivity index (χ2n) is 7.65. The number of nitrogens with one attached hydrogen (secondary N) is 1. The summed E-state index contributed by atoms with van der Waals surface area (Å²) in [4.78, 5) is 44.1. The summed E-state index contributed by atoms with van der Waals surface area (Å²) >= 11 is 1.33. The number of carbonyl (C=O) groups is 1. The van der Waals surface area contributed by atoms with Crippen LogP contribution < -0.4 is 11.2 Å². The molecule has 0 aliphatic carbocycles. The van der Waals surface area contributed by atoms with Crippen LogP contribution in [0, 0.1) is 0 Å². The summed E-state index contributed by atoms with van der Waals surface area (Å²) in [5, 5.41) is 1.80. The largest absolute Gasteiger partial charge is 0.340 e. The molecule has 3 aromatic rings. The zero-order chi connectivity index (χ0) is 20.9. The lowest BCUT2D eigenvalue weighted by Crippen LogP contribution is -2.48. The predicted molar refractivity (Wildman–Crippen MR) is 119 cm³/mol. The highest BCUT2D eigenvalue weighted by Crippen LogP contribution is 2.13. The highest BCUT2D eigenvalue weighted by molar-refractivity contribution is 7.17. The van der Waals surface area contributed by atoms with Crippen LogP contribution in [0.2, 0.25) is 0 Å². The molecule has 0 bridgehead atoms. The molecule has 0 saturated carbocycles. The van der Waals surface area contributed by atoms with Gasteiger partial charge in [-0.1, -0.05) is 30.3 Å². The number of H-pyrrole nitrogens is 1. The fourth-order valence-corrected chi connectivity index (χ4v) is 4.67. The Kier molecular flexibility index (Phi) is 6.44. The fraction of sp³-hybridized carbons (Fsp3) is 0.409. The van der Waals surface area contributed by atoms with Gasteiger partial charge < -0.3 is 9.88 Å². The molecule has 3 heterocycles. The topological polar surface area (TPSA) is 78.4 Å². The molecule has 1 aliphatic rings. The van der Waals surface area contributed by atoms with Gasteiger partial charge in [0.05, 0.1) is 5.52 Å². The molecule has 0 radical (unpaired) electrons. The first-order valence-corrected chi connectivity index (χ1v) is 11.2. The Hall–Kier alpha value is -2.71. The van der Waals surface area contributed by atoms with Gasteiger partial charge in [0.2, 0.25) is 5.91 Å². The summed E-state index contributed by atoms with van der Waals surface area (Å²) in [6.07, 6.45) is 1.74. The van der Waals surface area contributed by atoms with Gasteiger partial charge in [0, 0.05) is 45.7 Å². The monoisotopic (exact) mass is 426 g/mol. The third kappa shape index (κ3) is 4.71. The number of amides is 1. The maximum atomic E-state index is 12.5. The molecule has 0 atom stereocenters. The number of hydrogen-bond donors (Lipinski definition) is 1. The highest BCUT2D eigenvalue weighted by Gasteiger charge is 2.20. The van der Waals surface area contributed by atoms with Crippen molar-refractivity contribution in [3.05, 3.63) is 68.2 Å². The number of aromatic nitrogens is 2. The van der Waals surface area contributed by atoms with E-state index in [0.717, 1.165) is 32.7 Å². The summed E-state index contributed by atoms with van der Waals surface area (Å²) in [6, 6.07) is 12.1. The van der Waals surface area contributed by atoms with Crippen LogP contribution in [0.15, 0.2) is 51.4 Å². The Morgan fingerprint density at radius 3 is 2.53 bits per heavy atom. The fourth-order valence-electron chi connectivity index (χ4n) is 3.88. The van der Waals surface area contributed by atoms with E-state index in [1.807, 2.05) is 11.0 Å². The predicted octanol–water partition coefficient (Wildman–Crippen LogP) is 2.27. The molecule has 0 spiro atoms. The molecule has 158 valence electrons. The molecule has 2 aromatic heterocycles. The summed E-state index contributed by atoms with van der Waals surface area (Å²) in [6.45, 7) is 4.51. The first-order valence-electron chi connectivity index (χ1n) is 10.4. The molecule has 1 amide bonds. The summed E-state index contributed by atoms with van der Waals surface area (Å²) in [5.41, 5.74) is 1.26. The van der Waals surface area contributed by atoms with E-state index < -0.39 is 0 Å². The molecule has 0 unspecified atom stereocenters. The number of hydrogen-bond acceptors (Lipinski definition) is 5. The van der Waals surface area contributed by atoms with Crippen LogP contribution in [-0.4, -0.2) is 51.4 Å². The van der Waals surface area contributed by atoms with Gasteiger partial charge in [-0.3, -0.25) is 19.1 Å². The Balaban J connectivity index is 1.21. The number of fused-ring (bicyclic) bond motifs is 1. The van der Waals surface area contributed by atoms with Crippen molar-refractivity contribution in [2.75, 3.05) is 26.2 Å². The number of aromatic amines is 1. The number of rotatable bonds is 7. The van der Waals surface area contributed by atoms with Gasteiger partial charge in [-0.15, -0.1) is 11.3 Å². The molecule has 1 fully saturated rings. The summed E-state index contributed by atoms with van der Waals surface area (Å²) < 4.78 is 1.81. The van der Waals surface area contributed by atoms with Crippen LogP contribution in [0.1, 0.15) is 24.8 Å². The average molecular weight is 427 g/mol. The smallest absolute Gasteiger partial charge is 0.328 e. The molecule has 1 aliphatic heterocycles. The molecule has 1 aromatic carbocycles. The molecule has 1 N–H and O–H groups in total. The lowest BCUT2D eigenvalue weighted by atomic mass is 10.1. The van der Waals surface area contributed by atoms with E-state index in [1.54, 1.807) is 11.4 Å². The Bertz CT molecular complexity index is 1110. The SMILES string of the molecule is O=C(CCCCn1c(=O)[nH]c2ccsc2c1=O)N1CCN(Cc2ccccc2)CC1. The van der Waals surface area contributed by atoms with Gasteiger partial charge in [0.15, 0.2) is 0 Å². The van der Waals surface area contributed by atoms with E-state index in [-0.39, 0.29) is 17.2 Å². The third-order valence-electron chi connectivity index (χ3n) is 5.59. The minimum Gasteiger partial charge on any atom is -0.340 e.